The van der Waals surface area contributed by atoms with E-state index in [0.29, 0.717) is 82.0 Å². The SMILES string of the molecule is COc1cccc(N[C@@H]2CC3CCC(C)C(O)(O3)C(=O)C(=O)N3CCCCC3C(=O)O[C@H]([C@H](C)CC3CC[C@@H](O)C(OC)C3)CC[C@H](N)/C=C(\C)C(O)[C@@H](OC)C(=O)C(C)C[C@H](C)/C=C/C=C/C=C/2C)c1. The fourth-order valence-electron chi connectivity index (χ4n) is 11.0. The van der Waals surface area contributed by atoms with Crippen molar-refractivity contribution >= 4 is 29.1 Å². The highest BCUT2D eigenvalue weighted by Crippen LogP contribution is 2.38. The first kappa shape index (κ1) is 57.7. The normalized spacial score (nSPS) is 37.8. The van der Waals surface area contributed by atoms with Gasteiger partial charge in [-0.1, -0.05) is 75.8 Å². The zero-order valence-electron chi connectivity index (χ0n) is 43.8. The van der Waals surface area contributed by atoms with Gasteiger partial charge in [-0.05, 0) is 133 Å². The first-order chi connectivity index (χ1) is 33.8. The first-order valence-electron chi connectivity index (χ1n) is 26.1. The van der Waals surface area contributed by atoms with Crippen LogP contribution < -0.4 is 15.8 Å². The van der Waals surface area contributed by atoms with E-state index in [9.17, 15) is 34.5 Å². The number of hydrogen-bond donors (Lipinski definition) is 5. The molecule has 15 heteroatoms. The number of nitrogens with one attached hydrogen (secondary N) is 1. The van der Waals surface area contributed by atoms with Crippen LogP contribution in [-0.2, 0) is 38.1 Å². The van der Waals surface area contributed by atoms with Gasteiger partial charge in [0, 0.05) is 56.4 Å². The molecule has 15 atom stereocenters. The van der Waals surface area contributed by atoms with Gasteiger partial charge in [0.1, 0.15) is 30.1 Å². The predicted octanol–water partition coefficient (Wildman–Crippen LogP) is 7.17. The van der Waals surface area contributed by atoms with E-state index in [4.69, 9.17) is 29.4 Å². The quantitative estimate of drug-likeness (QED) is 0.0993. The van der Waals surface area contributed by atoms with Crippen molar-refractivity contribution < 1.29 is 58.2 Å². The predicted molar refractivity (Wildman–Crippen MR) is 273 cm³/mol. The minimum Gasteiger partial charge on any atom is -0.497 e. The summed E-state index contributed by atoms with van der Waals surface area (Å²) in [5.41, 5.74) is 8.92. The van der Waals surface area contributed by atoms with Crippen LogP contribution in [-0.4, -0.2) is 132 Å². The van der Waals surface area contributed by atoms with Gasteiger partial charge in [-0.2, -0.15) is 0 Å². The van der Waals surface area contributed by atoms with E-state index in [0.717, 1.165) is 17.7 Å². The highest BCUT2D eigenvalue weighted by molar-refractivity contribution is 6.39. The van der Waals surface area contributed by atoms with Gasteiger partial charge >= 0.3 is 5.97 Å². The number of nitrogens with two attached hydrogens (primary N) is 1. The molecule has 0 aromatic heterocycles. The molecule has 4 aliphatic rings. The number of hydrogen-bond acceptors (Lipinski definition) is 14. The van der Waals surface area contributed by atoms with Crippen LogP contribution in [0.4, 0.5) is 5.69 Å². The Kier molecular flexibility index (Phi) is 22.1. The molecule has 2 saturated heterocycles. The number of benzene rings is 1. The molecule has 71 heavy (non-hydrogen) atoms. The number of aliphatic hydroxyl groups excluding tert-OH is 2. The van der Waals surface area contributed by atoms with Gasteiger partial charge < -0.3 is 55.0 Å². The van der Waals surface area contributed by atoms with E-state index in [-0.39, 0.29) is 48.6 Å². The van der Waals surface area contributed by atoms with E-state index in [1.807, 2.05) is 82.3 Å². The van der Waals surface area contributed by atoms with Crippen molar-refractivity contribution in [3.63, 3.8) is 0 Å². The molecule has 1 aromatic rings. The summed E-state index contributed by atoms with van der Waals surface area (Å²) in [5, 5.41) is 37.8. The second kappa shape index (κ2) is 27.2. The minimum atomic E-state index is -2.43. The van der Waals surface area contributed by atoms with E-state index >= 15 is 0 Å². The van der Waals surface area contributed by atoms with Crippen LogP contribution in [0.5, 0.6) is 5.75 Å². The number of ether oxygens (including phenoxy) is 5. The van der Waals surface area contributed by atoms with Crippen LogP contribution in [0.2, 0.25) is 0 Å². The maximum atomic E-state index is 14.5. The number of Topliss-reactive ketones (excluding diaryl/α,β-unsaturated/α-hetero) is 2. The zero-order valence-corrected chi connectivity index (χ0v) is 43.8. The summed E-state index contributed by atoms with van der Waals surface area (Å²) >= 11 is 0. The molecule has 396 valence electrons. The fraction of sp³-hybridized carbons (Fsp3) is 0.679. The highest BCUT2D eigenvalue weighted by atomic mass is 16.6. The summed E-state index contributed by atoms with van der Waals surface area (Å²) in [5.74, 6) is -5.78. The third-order valence-corrected chi connectivity index (χ3v) is 15.5. The smallest absolute Gasteiger partial charge is 0.329 e. The Morgan fingerprint density at radius 3 is 2.37 bits per heavy atom. The maximum Gasteiger partial charge on any atom is 0.329 e. The van der Waals surface area contributed by atoms with E-state index < -0.39 is 77.9 Å². The van der Waals surface area contributed by atoms with Gasteiger partial charge in [-0.3, -0.25) is 14.4 Å². The monoisotopic (exact) mass is 992 g/mol. The third-order valence-electron chi connectivity index (χ3n) is 15.5. The van der Waals surface area contributed by atoms with Crippen LogP contribution in [0.3, 0.4) is 0 Å². The average Bonchev–Trinajstić information content (AvgIpc) is 3.35. The second-order valence-electron chi connectivity index (χ2n) is 21.1. The number of anilines is 1. The number of ketones is 2. The second-order valence-corrected chi connectivity index (χ2v) is 21.1. The molecule has 3 heterocycles. The number of amides is 1. The van der Waals surface area contributed by atoms with Gasteiger partial charge in [0.15, 0.2) is 5.78 Å². The van der Waals surface area contributed by atoms with Crippen LogP contribution in [0.1, 0.15) is 125 Å². The molecule has 5 rings (SSSR count). The average molecular weight is 992 g/mol. The Labute approximate surface area is 422 Å². The Balaban J connectivity index is 1.48. The Hall–Kier alpha value is -4.22. The van der Waals surface area contributed by atoms with E-state index in [1.54, 1.807) is 34.1 Å². The van der Waals surface area contributed by atoms with Gasteiger partial charge in [0.25, 0.3) is 11.7 Å². The number of esters is 1. The number of allylic oxidation sites excluding steroid dienone is 5. The standard InChI is InChI=1S/C56H85N3O12/c1-34-16-11-10-12-17-35(2)45(58-42-18-15-19-43(32-42)67-7)33-44-24-21-39(6)56(66,71-44)53(63)54(64)59-27-14-13-20-46(59)55(65)70-48(36(3)29-40-22-25-47(60)49(31-40)68-8)26-23-41(57)30-38(5)51(62)52(69-9)50(61)37(4)28-34/h10-12,15-19,30,32,34,36-37,39-41,44-49,51-52,58,60,62,66H,13-14,20-29,31,33,57H2,1-9H3/b12-10+,16-11+,35-17+,38-30+/t34-,36-,37?,39?,40?,41+,44?,45-,46?,47-,48+,49?,51?,52+,56?/m1/s1. The molecule has 2 bridgehead atoms. The molecule has 0 radical (unpaired) electrons. The third kappa shape index (κ3) is 15.6. The molecule has 15 nitrogen and oxygen atoms in total. The summed E-state index contributed by atoms with van der Waals surface area (Å²) in [7, 11) is 4.61. The number of methoxy groups -OCH3 is 3. The van der Waals surface area contributed by atoms with Crippen LogP contribution in [0, 0.1) is 29.6 Å². The zero-order chi connectivity index (χ0) is 52.0. The highest BCUT2D eigenvalue weighted by Gasteiger charge is 2.53. The van der Waals surface area contributed by atoms with Crippen LogP contribution in [0.25, 0.3) is 0 Å². The first-order valence-corrected chi connectivity index (χ1v) is 26.1. The van der Waals surface area contributed by atoms with Crippen molar-refractivity contribution in [3.8, 4) is 5.75 Å². The topological polar surface area (TPSA) is 216 Å². The van der Waals surface area contributed by atoms with E-state index in [2.05, 4.69) is 5.32 Å². The maximum absolute atomic E-state index is 14.5. The molecule has 8 unspecified atom stereocenters. The van der Waals surface area contributed by atoms with Gasteiger partial charge in [0.05, 0.1) is 25.4 Å². The summed E-state index contributed by atoms with van der Waals surface area (Å²) in [6.07, 6.45) is 13.7. The Morgan fingerprint density at radius 2 is 1.65 bits per heavy atom. The number of aliphatic hydroxyl groups is 3. The molecule has 3 fully saturated rings. The van der Waals surface area contributed by atoms with Crippen molar-refractivity contribution in [1.29, 1.82) is 0 Å². The number of cyclic esters (lactones) is 1. The fourth-order valence-corrected chi connectivity index (χ4v) is 11.0. The lowest BCUT2D eigenvalue weighted by Crippen LogP contribution is -2.61. The number of carbonyl (C=O) groups excluding carboxylic acids is 4. The molecule has 3 aliphatic heterocycles. The van der Waals surface area contributed by atoms with E-state index in [1.165, 1.54) is 12.0 Å². The Bertz CT molecular complexity index is 2050. The number of piperidine rings is 1. The molecule has 1 aliphatic carbocycles. The molecule has 1 aromatic carbocycles. The largest absolute Gasteiger partial charge is 0.497 e. The summed E-state index contributed by atoms with van der Waals surface area (Å²) in [4.78, 5) is 58.5. The van der Waals surface area contributed by atoms with Crippen molar-refractivity contribution in [2.24, 2.45) is 35.3 Å². The molecular weight excluding hydrogens is 907 g/mol. The lowest BCUT2D eigenvalue weighted by atomic mass is 9.78. The van der Waals surface area contributed by atoms with Crippen molar-refractivity contribution in [1.82, 2.24) is 4.90 Å². The van der Waals surface area contributed by atoms with Crippen LogP contribution in [0.15, 0.2) is 71.9 Å². The molecular formula is C56H85N3O12. The summed E-state index contributed by atoms with van der Waals surface area (Å²) < 4.78 is 29.5. The van der Waals surface area contributed by atoms with Gasteiger partial charge in [0.2, 0.25) is 5.79 Å². The lowest BCUT2D eigenvalue weighted by molar-refractivity contribution is -0.263. The molecule has 0 spiro atoms. The molecule has 1 saturated carbocycles. The lowest BCUT2D eigenvalue weighted by Gasteiger charge is -2.43. The van der Waals surface area contributed by atoms with Gasteiger partial charge in [-0.15, -0.1) is 0 Å². The number of carbonyl (C=O) groups is 4. The Morgan fingerprint density at radius 1 is 0.887 bits per heavy atom. The molecule has 6 N–H and O–H groups in total. The van der Waals surface area contributed by atoms with Gasteiger partial charge in [-0.25, -0.2) is 4.79 Å². The molecule has 1 amide bonds. The minimum absolute atomic E-state index is 0.0254. The van der Waals surface area contributed by atoms with Crippen molar-refractivity contribution in [2.75, 3.05) is 33.2 Å². The summed E-state index contributed by atoms with van der Waals surface area (Å²) in [6, 6.07) is 5.56. The van der Waals surface area contributed by atoms with Crippen molar-refractivity contribution in [3.05, 3.63) is 71.9 Å². The summed E-state index contributed by atoms with van der Waals surface area (Å²) in [6.45, 7) is 11.4. The van der Waals surface area contributed by atoms with Crippen molar-refractivity contribution in [2.45, 2.75) is 186 Å². The number of fused-ring (bicyclic) bond motifs is 3. The number of nitrogens with zero attached hydrogens (tertiary/aromatic N) is 1. The van der Waals surface area contributed by atoms with Crippen LogP contribution >= 0.6 is 0 Å². The number of rotatable bonds is 8.